The SMILES string of the molecule is Cc1c(C)c(C)c(OC(CS(=O)(=O)O)C(F)(F)F)c(C)c1C. The molecule has 126 valence electrons. The van der Waals surface area contributed by atoms with Crippen LogP contribution in [0.25, 0.3) is 0 Å². The highest BCUT2D eigenvalue weighted by Crippen LogP contribution is 2.35. The van der Waals surface area contributed by atoms with Crippen molar-refractivity contribution in [3.8, 4) is 5.75 Å². The number of alkyl halides is 3. The van der Waals surface area contributed by atoms with Crippen molar-refractivity contribution in [2.24, 2.45) is 0 Å². The summed E-state index contributed by atoms with van der Waals surface area (Å²) in [6.07, 6.45) is -7.54. The van der Waals surface area contributed by atoms with E-state index < -0.39 is 28.2 Å². The van der Waals surface area contributed by atoms with E-state index in [1.54, 1.807) is 27.7 Å². The minimum Gasteiger partial charge on any atom is -0.479 e. The van der Waals surface area contributed by atoms with Gasteiger partial charge in [-0.05, 0) is 62.4 Å². The van der Waals surface area contributed by atoms with Gasteiger partial charge in [0.1, 0.15) is 11.5 Å². The van der Waals surface area contributed by atoms with Crippen molar-refractivity contribution in [2.75, 3.05) is 5.75 Å². The normalized spacial score (nSPS) is 14.0. The molecular weight excluding hydrogens is 321 g/mol. The summed E-state index contributed by atoms with van der Waals surface area (Å²) in [7, 11) is -4.83. The van der Waals surface area contributed by atoms with Crippen LogP contribution in [0.3, 0.4) is 0 Å². The number of halogens is 3. The summed E-state index contributed by atoms with van der Waals surface area (Å²) < 4.78 is 74.2. The molecule has 1 aromatic carbocycles. The zero-order valence-corrected chi connectivity index (χ0v) is 13.8. The Morgan fingerprint density at radius 2 is 1.32 bits per heavy atom. The molecule has 1 N–H and O–H groups in total. The van der Waals surface area contributed by atoms with Gasteiger partial charge in [0.05, 0.1) is 0 Å². The molecule has 0 aromatic heterocycles. The number of ether oxygens (including phenoxy) is 1. The molecule has 0 saturated carbocycles. The molecule has 0 radical (unpaired) electrons. The van der Waals surface area contributed by atoms with Crippen LogP contribution in [0.1, 0.15) is 27.8 Å². The number of hydrogen-bond acceptors (Lipinski definition) is 3. The van der Waals surface area contributed by atoms with E-state index in [-0.39, 0.29) is 5.75 Å². The maximum absolute atomic E-state index is 13.0. The smallest absolute Gasteiger partial charge is 0.426 e. The van der Waals surface area contributed by atoms with Crippen LogP contribution < -0.4 is 4.74 Å². The van der Waals surface area contributed by atoms with Gasteiger partial charge in [-0.15, -0.1) is 0 Å². The lowest BCUT2D eigenvalue weighted by Gasteiger charge is -2.25. The highest BCUT2D eigenvalue weighted by atomic mass is 32.2. The van der Waals surface area contributed by atoms with E-state index in [2.05, 4.69) is 0 Å². The lowest BCUT2D eigenvalue weighted by molar-refractivity contribution is -0.188. The Bertz CT molecular complexity index is 649. The quantitative estimate of drug-likeness (QED) is 0.853. The third-order valence-electron chi connectivity index (χ3n) is 3.92. The van der Waals surface area contributed by atoms with Crippen molar-refractivity contribution < 1.29 is 30.9 Å². The zero-order valence-electron chi connectivity index (χ0n) is 13.0. The highest BCUT2D eigenvalue weighted by Gasteiger charge is 2.45. The molecule has 1 rings (SSSR count). The van der Waals surface area contributed by atoms with Gasteiger partial charge in [0, 0.05) is 0 Å². The monoisotopic (exact) mass is 340 g/mol. The van der Waals surface area contributed by atoms with Gasteiger partial charge in [-0.3, -0.25) is 4.55 Å². The first-order valence-electron chi connectivity index (χ1n) is 6.51. The van der Waals surface area contributed by atoms with Crippen LogP contribution in [0.15, 0.2) is 0 Å². The van der Waals surface area contributed by atoms with Gasteiger partial charge >= 0.3 is 6.18 Å². The molecule has 0 aliphatic heterocycles. The van der Waals surface area contributed by atoms with Crippen LogP contribution in [-0.4, -0.2) is 31.0 Å². The number of hydrogen-bond donors (Lipinski definition) is 1. The molecular formula is C14H19F3O4S. The van der Waals surface area contributed by atoms with Crippen molar-refractivity contribution in [2.45, 2.75) is 46.9 Å². The summed E-state index contributed by atoms with van der Waals surface area (Å²) in [5.41, 5.74) is 3.55. The molecule has 0 bridgehead atoms. The molecule has 1 unspecified atom stereocenters. The van der Waals surface area contributed by atoms with Gasteiger partial charge in [-0.25, -0.2) is 0 Å². The largest absolute Gasteiger partial charge is 0.479 e. The molecule has 22 heavy (non-hydrogen) atoms. The lowest BCUT2D eigenvalue weighted by Crippen LogP contribution is -2.40. The summed E-state index contributed by atoms with van der Waals surface area (Å²) in [6.45, 7) is 8.61. The van der Waals surface area contributed by atoms with E-state index in [4.69, 9.17) is 9.29 Å². The predicted octanol–water partition coefficient (Wildman–Crippen LogP) is 3.43. The molecule has 0 heterocycles. The predicted molar refractivity (Wildman–Crippen MR) is 77.0 cm³/mol. The van der Waals surface area contributed by atoms with E-state index in [9.17, 15) is 21.6 Å². The Balaban J connectivity index is 3.37. The molecule has 0 aliphatic carbocycles. The minimum absolute atomic E-state index is 0.00609. The third-order valence-corrected chi connectivity index (χ3v) is 4.64. The average molecular weight is 340 g/mol. The Hall–Kier alpha value is -1.28. The standard InChI is InChI=1S/C14H19F3O4S/c1-7-8(2)10(4)13(11(5)9(7)3)21-12(14(15,16)17)6-22(18,19)20/h12H,6H2,1-5H3,(H,18,19,20). The van der Waals surface area contributed by atoms with Crippen LogP contribution >= 0.6 is 0 Å². The Kier molecular flexibility index (Phi) is 5.18. The van der Waals surface area contributed by atoms with Gasteiger partial charge in [0.15, 0.2) is 0 Å². The van der Waals surface area contributed by atoms with Gasteiger partial charge in [-0.2, -0.15) is 21.6 Å². The van der Waals surface area contributed by atoms with Crippen molar-refractivity contribution >= 4 is 10.1 Å². The second-order valence-electron chi connectivity index (χ2n) is 5.35. The van der Waals surface area contributed by atoms with Gasteiger partial charge in [-0.1, -0.05) is 0 Å². The van der Waals surface area contributed by atoms with Crippen LogP contribution in [0.4, 0.5) is 13.2 Å². The van der Waals surface area contributed by atoms with E-state index >= 15 is 0 Å². The average Bonchev–Trinajstić information content (AvgIpc) is 2.35. The molecule has 1 atom stereocenters. The molecule has 8 heteroatoms. The molecule has 0 spiro atoms. The summed E-state index contributed by atoms with van der Waals surface area (Å²) in [5, 5.41) is 0. The molecule has 1 aromatic rings. The van der Waals surface area contributed by atoms with E-state index in [1.807, 2.05) is 6.92 Å². The molecule has 4 nitrogen and oxygen atoms in total. The van der Waals surface area contributed by atoms with Gasteiger partial charge in [0.25, 0.3) is 10.1 Å². The topological polar surface area (TPSA) is 63.6 Å². The summed E-state index contributed by atoms with van der Waals surface area (Å²) in [6, 6.07) is 0. The Morgan fingerprint density at radius 1 is 0.955 bits per heavy atom. The first kappa shape index (κ1) is 18.8. The molecule has 0 aliphatic rings. The van der Waals surface area contributed by atoms with Crippen molar-refractivity contribution in [3.05, 3.63) is 27.8 Å². The lowest BCUT2D eigenvalue weighted by atomic mass is 9.94. The highest BCUT2D eigenvalue weighted by molar-refractivity contribution is 7.85. The van der Waals surface area contributed by atoms with Gasteiger partial charge < -0.3 is 4.74 Å². The van der Waals surface area contributed by atoms with E-state index in [0.29, 0.717) is 11.1 Å². The molecule has 0 fully saturated rings. The van der Waals surface area contributed by atoms with Crippen molar-refractivity contribution in [3.63, 3.8) is 0 Å². The zero-order chi connectivity index (χ0) is 17.5. The number of benzene rings is 1. The fourth-order valence-electron chi connectivity index (χ4n) is 2.17. The fraction of sp³-hybridized carbons (Fsp3) is 0.571. The first-order valence-corrected chi connectivity index (χ1v) is 8.12. The third kappa shape index (κ3) is 4.13. The maximum atomic E-state index is 13.0. The van der Waals surface area contributed by atoms with Crippen LogP contribution in [0, 0.1) is 34.6 Å². The minimum atomic E-state index is -4.92. The summed E-state index contributed by atoms with van der Waals surface area (Å²) in [5.74, 6) is -1.53. The van der Waals surface area contributed by atoms with Crippen LogP contribution in [0.5, 0.6) is 5.75 Å². The van der Waals surface area contributed by atoms with Crippen molar-refractivity contribution in [1.82, 2.24) is 0 Å². The van der Waals surface area contributed by atoms with Crippen LogP contribution in [-0.2, 0) is 10.1 Å². The second-order valence-corrected chi connectivity index (χ2v) is 6.85. The second kappa shape index (κ2) is 6.08. The Labute approximate surface area is 128 Å². The number of rotatable bonds is 4. The molecule has 0 saturated heterocycles. The summed E-state index contributed by atoms with van der Waals surface area (Å²) >= 11 is 0. The molecule has 0 amide bonds. The maximum Gasteiger partial charge on any atom is 0.426 e. The van der Waals surface area contributed by atoms with E-state index in [1.165, 1.54) is 0 Å². The summed E-state index contributed by atoms with van der Waals surface area (Å²) in [4.78, 5) is 0. The van der Waals surface area contributed by atoms with E-state index in [0.717, 1.165) is 16.7 Å². The first-order chi connectivity index (χ1) is 9.75. The Morgan fingerprint density at radius 3 is 1.64 bits per heavy atom. The van der Waals surface area contributed by atoms with Crippen LogP contribution in [0.2, 0.25) is 0 Å². The van der Waals surface area contributed by atoms with Crippen molar-refractivity contribution in [1.29, 1.82) is 0 Å². The fourth-order valence-corrected chi connectivity index (χ4v) is 2.81. The van der Waals surface area contributed by atoms with Gasteiger partial charge in [0.2, 0.25) is 6.10 Å².